The standard InChI is InChI=1S/C19H23NO3S/c1-12-5-14(9-20(2)19(12)21)16-7-15(24-4)8-18-17(16)6-13(10-22-3)11-23-18/h5,7-9,13H,6,10-11H2,1-4H3. The number of rotatable bonds is 4. The number of hydrogen-bond acceptors (Lipinski definition) is 4. The lowest BCUT2D eigenvalue weighted by atomic mass is 9.90. The summed E-state index contributed by atoms with van der Waals surface area (Å²) in [7, 11) is 3.53. The predicted octanol–water partition coefficient (Wildman–Crippen LogP) is 3.28. The Hall–Kier alpha value is -1.72. The van der Waals surface area contributed by atoms with Crippen LogP contribution in [-0.2, 0) is 18.2 Å². The highest BCUT2D eigenvalue weighted by molar-refractivity contribution is 7.98. The van der Waals surface area contributed by atoms with Crippen LogP contribution in [-0.4, -0.2) is 31.1 Å². The quantitative estimate of drug-likeness (QED) is 0.798. The normalized spacial score (nSPS) is 16.6. The highest BCUT2D eigenvalue weighted by Crippen LogP contribution is 2.39. The van der Waals surface area contributed by atoms with Gasteiger partial charge in [-0.2, -0.15) is 0 Å². The highest BCUT2D eigenvalue weighted by atomic mass is 32.2. The molecule has 24 heavy (non-hydrogen) atoms. The fourth-order valence-electron chi connectivity index (χ4n) is 3.26. The second-order valence-corrected chi connectivity index (χ2v) is 7.20. The fraction of sp³-hybridized carbons (Fsp3) is 0.421. The molecule has 0 bridgehead atoms. The molecular weight excluding hydrogens is 322 g/mol. The number of hydrogen-bond donors (Lipinski definition) is 0. The van der Waals surface area contributed by atoms with Crippen LogP contribution < -0.4 is 10.3 Å². The molecule has 1 atom stereocenters. The van der Waals surface area contributed by atoms with Crippen LogP contribution in [0.4, 0.5) is 0 Å². The van der Waals surface area contributed by atoms with Crippen molar-refractivity contribution < 1.29 is 9.47 Å². The van der Waals surface area contributed by atoms with Gasteiger partial charge in [-0.25, -0.2) is 0 Å². The Morgan fingerprint density at radius 2 is 2.17 bits per heavy atom. The average Bonchev–Trinajstić information content (AvgIpc) is 2.58. The first-order valence-corrected chi connectivity index (χ1v) is 9.26. The molecule has 1 aliphatic rings. The molecule has 128 valence electrons. The van der Waals surface area contributed by atoms with Crippen molar-refractivity contribution in [3.8, 4) is 16.9 Å². The molecule has 4 nitrogen and oxygen atoms in total. The van der Waals surface area contributed by atoms with Gasteiger partial charge in [-0.05, 0) is 48.9 Å². The molecule has 0 spiro atoms. The van der Waals surface area contributed by atoms with Gasteiger partial charge in [-0.15, -0.1) is 11.8 Å². The minimum atomic E-state index is 0.0437. The van der Waals surface area contributed by atoms with E-state index >= 15 is 0 Å². The Bertz CT molecular complexity index is 787. The van der Waals surface area contributed by atoms with Gasteiger partial charge in [0.2, 0.25) is 0 Å². The van der Waals surface area contributed by atoms with E-state index in [1.54, 1.807) is 30.5 Å². The summed E-state index contributed by atoms with van der Waals surface area (Å²) in [5.74, 6) is 1.31. The molecule has 0 saturated heterocycles. The molecule has 0 amide bonds. The van der Waals surface area contributed by atoms with Crippen LogP contribution in [0.25, 0.3) is 11.1 Å². The van der Waals surface area contributed by atoms with Gasteiger partial charge in [0.1, 0.15) is 5.75 Å². The molecule has 0 saturated carbocycles. The summed E-state index contributed by atoms with van der Waals surface area (Å²) in [5.41, 5.74) is 4.21. The van der Waals surface area contributed by atoms with Gasteiger partial charge in [0, 0.05) is 42.3 Å². The molecule has 0 aliphatic carbocycles. The first-order valence-electron chi connectivity index (χ1n) is 8.03. The van der Waals surface area contributed by atoms with Gasteiger partial charge in [0.25, 0.3) is 5.56 Å². The number of aromatic nitrogens is 1. The number of fused-ring (bicyclic) bond motifs is 1. The zero-order valence-corrected chi connectivity index (χ0v) is 15.4. The number of ether oxygens (including phenoxy) is 2. The lowest BCUT2D eigenvalue weighted by molar-refractivity contribution is 0.108. The van der Waals surface area contributed by atoms with Crippen molar-refractivity contribution in [1.29, 1.82) is 0 Å². The molecule has 1 unspecified atom stereocenters. The maximum Gasteiger partial charge on any atom is 0.253 e. The van der Waals surface area contributed by atoms with Crippen molar-refractivity contribution in [2.75, 3.05) is 26.6 Å². The third-order valence-corrected chi connectivity index (χ3v) is 5.17. The van der Waals surface area contributed by atoms with Crippen LogP contribution in [0.5, 0.6) is 5.75 Å². The van der Waals surface area contributed by atoms with E-state index in [1.165, 1.54) is 10.5 Å². The van der Waals surface area contributed by atoms with Gasteiger partial charge in [0.05, 0.1) is 13.2 Å². The highest BCUT2D eigenvalue weighted by Gasteiger charge is 2.24. The monoisotopic (exact) mass is 345 g/mol. The molecule has 1 aromatic heterocycles. The summed E-state index contributed by atoms with van der Waals surface area (Å²) in [6.45, 7) is 3.24. The number of methoxy groups -OCH3 is 1. The third kappa shape index (κ3) is 3.23. The van der Waals surface area contributed by atoms with E-state index in [2.05, 4.69) is 18.4 Å². The Labute approximate surface area is 146 Å². The van der Waals surface area contributed by atoms with E-state index < -0.39 is 0 Å². The molecule has 0 N–H and O–H groups in total. The van der Waals surface area contributed by atoms with Crippen molar-refractivity contribution in [2.24, 2.45) is 13.0 Å². The summed E-state index contributed by atoms with van der Waals surface area (Å²) >= 11 is 1.70. The zero-order chi connectivity index (χ0) is 17.3. The number of pyridine rings is 1. The average molecular weight is 345 g/mol. The van der Waals surface area contributed by atoms with Crippen molar-refractivity contribution in [1.82, 2.24) is 4.57 Å². The van der Waals surface area contributed by atoms with E-state index in [1.807, 2.05) is 19.2 Å². The SMILES string of the molecule is COCC1COc2cc(SC)cc(-c3cc(C)c(=O)n(C)c3)c2C1. The largest absolute Gasteiger partial charge is 0.493 e. The Morgan fingerprint density at radius 1 is 1.38 bits per heavy atom. The molecular formula is C19H23NO3S. The maximum absolute atomic E-state index is 12.0. The summed E-state index contributed by atoms with van der Waals surface area (Å²) in [6.07, 6.45) is 4.90. The Balaban J connectivity index is 2.15. The summed E-state index contributed by atoms with van der Waals surface area (Å²) in [5, 5.41) is 0. The molecule has 0 radical (unpaired) electrons. The Morgan fingerprint density at radius 3 is 2.83 bits per heavy atom. The number of aryl methyl sites for hydroxylation is 2. The zero-order valence-electron chi connectivity index (χ0n) is 14.6. The minimum Gasteiger partial charge on any atom is -0.493 e. The minimum absolute atomic E-state index is 0.0437. The van der Waals surface area contributed by atoms with Crippen LogP contribution in [0.2, 0.25) is 0 Å². The van der Waals surface area contributed by atoms with Crippen molar-refractivity contribution in [3.63, 3.8) is 0 Å². The smallest absolute Gasteiger partial charge is 0.253 e. The second-order valence-electron chi connectivity index (χ2n) is 6.32. The fourth-order valence-corrected chi connectivity index (χ4v) is 3.72. The van der Waals surface area contributed by atoms with Gasteiger partial charge in [-0.1, -0.05) is 0 Å². The molecule has 1 aliphatic heterocycles. The van der Waals surface area contributed by atoms with Gasteiger partial charge < -0.3 is 14.0 Å². The lowest BCUT2D eigenvalue weighted by Gasteiger charge is -2.27. The lowest BCUT2D eigenvalue weighted by Crippen LogP contribution is -2.25. The van der Waals surface area contributed by atoms with Crippen LogP contribution in [0.3, 0.4) is 0 Å². The van der Waals surface area contributed by atoms with E-state index in [4.69, 9.17) is 9.47 Å². The van der Waals surface area contributed by atoms with Gasteiger partial charge in [0.15, 0.2) is 0 Å². The summed E-state index contributed by atoms with van der Waals surface area (Å²) in [6, 6.07) is 6.28. The first-order chi connectivity index (χ1) is 11.5. The number of nitrogens with zero attached hydrogens (tertiary/aromatic N) is 1. The first kappa shape index (κ1) is 17.1. The Kier molecular flexibility index (Phi) is 5.01. The van der Waals surface area contributed by atoms with Gasteiger partial charge in [-0.3, -0.25) is 4.79 Å². The van der Waals surface area contributed by atoms with Crippen LogP contribution >= 0.6 is 11.8 Å². The summed E-state index contributed by atoms with van der Waals surface area (Å²) in [4.78, 5) is 13.2. The van der Waals surface area contributed by atoms with Crippen LogP contribution in [0.1, 0.15) is 11.1 Å². The predicted molar refractivity (Wildman–Crippen MR) is 98.2 cm³/mol. The number of benzene rings is 1. The van der Waals surface area contributed by atoms with Gasteiger partial charge >= 0.3 is 0 Å². The molecule has 2 aromatic rings. The van der Waals surface area contributed by atoms with Crippen molar-refractivity contribution >= 4 is 11.8 Å². The van der Waals surface area contributed by atoms with E-state index in [0.717, 1.165) is 28.9 Å². The van der Waals surface area contributed by atoms with E-state index in [0.29, 0.717) is 19.1 Å². The molecule has 0 fully saturated rings. The summed E-state index contributed by atoms with van der Waals surface area (Å²) < 4.78 is 13.0. The van der Waals surface area contributed by atoms with Crippen molar-refractivity contribution in [2.45, 2.75) is 18.2 Å². The number of thioether (sulfide) groups is 1. The van der Waals surface area contributed by atoms with E-state index in [-0.39, 0.29) is 5.56 Å². The van der Waals surface area contributed by atoms with E-state index in [9.17, 15) is 4.79 Å². The van der Waals surface area contributed by atoms with Crippen LogP contribution in [0.15, 0.2) is 34.1 Å². The second kappa shape index (κ2) is 7.03. The molecule has 5 heteroatoms. The maximum atomic E-state index is 12.0. The molecule has 1 aromatic carbocycles. The third-order valence-electron chi connectivity index (χ3n) is 4.46. The molecule has 2 heterocycles. The van der Waals surface area contributed by atoms with Crippen LogP contribution in [0, 0.1) is 12.8 Å². The topological polar surface area (TPSA) is 40.5 Å². The van der Waals surface area contributed by atoms with Crippen molar-refractivity contribution in [3.05, 3.63) is 45.9 Å². The molecule has 3 rings (SSSR count).